The van der Waals surface area contributed by atoms with Crippen LogP contribution in [0.3, 0.4) is 0 Å². The van der Waals surface area contributed by atoms with Crippen molar-refractivity contribution in [3.05, 3.63) is 93.6 Å². The van der Waals surface area contributed by atoms with Crippen LogP contribution >= 0.6 is 11.3 Å². The van der Waals surface area contributed by atoms with Crippen LogP contribution in [0.4, 0.5) is 5.69 Å². The minimum Gasteiger partial charge on any atom is -0.503 e. The molecular weight excluding hydrogens is 416 g/mol. The van der Waals surface area contributed by atoms with Crippen molar-refractivity contribution in [2.24, 2.45) is 0 Å². The molecule has 0 spiro atoms. The van der Waals surface area contributed by atoms with Crippen molar-refractivity contribution in [3.8, 4) is 0 Å². The number of esters is 1. The molecule has 0 saturated heterocycles. The standard InChI is InChI=1S/C23H18N2O5S/c1-2-30-23(29)15-8-10-16(11-9-15)25-18(14-6-4-3-5-7-14)17(20(27)22(25)28)19(26)21-24-12-13-31-21/h3-13,18,27H,2H2,1H3. The zero-order valence-electron chi connectivity index (χ0n) is 16.5. The van der Waals surface area contributed by atoms with Gasteiger partial charge in [-0.15, -0.1) is 11.3 Å². The van der Waals surface area contributed by atoms with Crippen LogP contribution in [0.25, 0.3) is 0 Å². The fraction of sp³-hybridized carbons (Fsp3) is 0.130. The van der Waals surface area contributed by atoms with Crippen LogP contribution in [0.5, 0.6) is 0 Å². The number of nitrogens with zero attached hydrogens (tertiary/aromatic N) is 2. The van der Waals surface area contributed by atoms with Gasteiger partial charge in [-0.05, 0) is 36.8 Å². The van der Waals surface area contributed by atoms with Gasteiger partial charge in [0.25, 0.3) is 5.91 Å². The smallest absolute Gasteiger partial charge is 0.338 e. The molecule has 4 rings (SSSR count). The van der Waals surface area contributed by atoms with Gasteiger partial charge in [0.2, 0.25) is 5.78 Å². The summed E-state index contributed by atoms with van der Waals surface area (Å²) in [5.41, 5.74) is 1.40. The molecule has 0 radical (unpaired) electrons. The zero-order chi connectivity index (χ0) is 22.0. The second-order valence-corrected chi connectivity index (χ2v) is 7.58. The Balaban J connectivity index is 1.78. The molecule has 0 saturated carbocycles. The van der Waals surface area contributed by atoms with Crippen molar-refractivity contribution < 1.29 is 24.2 Å². The van der Waals surface area contributed by atoms with Crippen molar-refractivity contribution in [2.45, 2.75) is 13.0 Å². The molecule has 1 aromatic heterocycles. The second kappa shape index (κ2) is 8.53. The van der Waals surface area contributed by atoms with Crippen molar-refractivity contribution in [2.75, 3.05) is 11.5 Å². The van der Waals surface area contributed by atoms with Crippen molar-refractivity contribution in [1.29, 1.82) is 0 Å². The molecule has 1 aliphatic heterocycles. The molecular formula is C23H18N2O5S. The normalized spacial score (nSPS) is 16.0. The molecule has 31 heavy (non-hydrogen) atoms. The maximum atomic E-state index is 13.1. The number of carbonyl (C=O) groups is 3. The van der Waals surface area contributed by atoms with Crippen LogP contribution in [0.15, 0.2) is 77.5 Å². The van der Waals surface area contributed by atoms with E-state index in [9.17, 15) is 19.5 Å². The first kappa shape index (κ1) is 20.5. The van der Waals surface area contributed by atoms with E-state index in [1.165, 1.54) is 11.1 Å². The third-order valence-corrected chi connectivity index (χ3v) is 5.62. The maximum Gasteiger partial charge on any atom is 0.338 e. The molecule has 1 amide bonds. The van der Waals surface area contributed by atoms with Gasteiger partial charge < -0.3 is 9.84 Å². The summed E-state index contributed by atoms with van der Waals surface area (Å²) in [5, 5.41) is 12.5. The van der Waals surface area contributed by atoms with E-state index >= 15 is 0 Å². The van der Waals surface area contributed by atoms with E-state index < -0.39 is 29.5 Å². The lowest BCUT2D eigenvalue weighted by atomic mass is 9.96. The lowest BCUT2D eigenvalue weighted by Crippen LogP contribution is -2.31. The summed E-state index contributed by atoms with van der Waals surface area (Å²) in [6.45, 7) is 1.97. The first-order chi connectivity index (χ1) is 15.0. The molecule has 0 bridgehead atoms. The Labute approximate surface area is 182 Å². The molecule has 0 fully saturated rings. The molecule has 2 aromatic carbocycles. The monoisotopic (exact) mass is 434 g/mol. The van der Waals surface area contributed by atoms with E-state index in [2.05, 4.69) is 4.98 Å². The SMILES string of the molecule is CCOC(=O)c1ccc(N2C(=O)C(O)=C(C(=O)c3nccs3)C2c2ccccc2)cc1. The number of ether oxygens (including phenoxy) is 1. The maximum absolute atomic E-state index is 13.1. The van der Waals surface area contributed by atoms with Crippen LogP contribution in [-0.2, 0) is 9.53 Å². The number of aromatic nitrogens is 1. The summed E-state index contributed by atoms with van der Waals surface area (Å²) >= 11 is 1.14. The number of hydrogen-bond donors (Lipinski definition) is 1. The first-order valence-corrected chi connectivity index (χ1v) is 10.4. The molecule has 156 valence electrons. The third-order valence-electron chi connectivity index (χ3n) is 4.85. The molecule has 0 aliphatic carbocycles. The summed E-state index contributed by atoms with van der Waals surface area (Å²) in [6, 6.07) is 14.4. The average Bonchev–Trinajstić information content (AvgIpc) is 3.42. The summed E-state index contributed by atoms with van der Waals surface area (Å²) in [4.78, 5) is 43.5. The topological polar surface area (TPSA) is 96.8 Å². The number of Topliss-reactive ketones (excluding diaryl/α,β-unsaturated/α-hetero) is 1. The van der Waals surface area contributed by atoms with Gasteiger partial charge in [0.05, 0.1) is 23.8 Å². The number of hydrogen-bond acceptors (Lipinski definition) is 7. The number of thiazole rings is 1. The lowest BCUT2D eigenvalue weighted by Gasteiger charge is -2.26. The van der Waals surface area contributed by atoms with Gasteiger partial charge in [0.15, 0.2) is 10.8 Å². The van der Waals surface area contributed by atoms with E-state index in [1.807, 2.05) is 6.07 Å². The fourth-order valence-corrected chi connectivity index (χ4v) is 4.07. The molecule has 1 unspecified atom stereocenters. The summed E-state index contributed by atoms with van der Waals surface area (Å²) in [7, 11) is 0. The Hall–Kier alpha value is -3.78. The Bertz CT molecular complexity index is 1150. The lowest BCUT2D eigenvalue weighted by molar-refractivity contribution is -0.117. The Morgan fingerprint density at radius 2 is 1.84 bits per heavy atom. The molecule has 1 atom stereocenters. The molecule has 1 aliphatic rings. The van der Waals surface area contributed by atoms with Gasteiger partial charge in [-0.1, -0.05) is 30.3 Å². The molecule has 1 N–H and O–H groups in total. The van der Waals surface area contributed by atoms with Crippen LogP contribution in [0.1, 0.15) is 38.7 Å². The number of carbonyl (C=O) groups excluding carboxylic acids is 3. The van der Waals surface area contributed by atoms with Gasteiger partial charge in [-0.25, -0.2) is 9.78 Å². The van der Waals surface area contributed by atoms with Crippen LogP contribution in [0, 0.1) is 0 Å². The Morgan fingerprint density at radius 3 is 2.45 bits per heavy atom. The van der Waals surface area contributed by atoms with Crippen LogP contribution in [-0.4, -0.2) is 34.4 Å². The number of amides is 1. The second-order valence-electron chi connectivity index (χ2n) is 6.68. The van der Waals surface area contributed by atoms with Crippen molar-refractivity contribution >= 4 is 34.7 Å². The highest BCUT2D eigenvalue weighted by Crippen LogP contribution is 2.42. The zero-order valence-corrected chi connectivity index (χ0v) is 17.3. The van der Waals surface area contributed by atoms with E-state index in [1.54, 1.807) is 60.8 Å². The van der Waals surface area contributed by atoms with Gasteiger partial charge in [-0.2, -0.15) is 0 Å². The number of rotatable bonds is 6. The summed E-state index contributed by atoms with van der Waals surface area (Å²) in [6.07, 6.45) is 1.50. The summed E-state index contributed by atoms with van der Waals surface area (Å²) < 4.78 is 4.99. The number of aliphatic hydroxyl groups excluding tert-OH is 1. The van der Waals surface area contributed by atoms with Crippen LogP contribution < -0.4 is 4.90 Å². The molecule has 2 heterocycles. The first-order valence-electron chi connectivity index (χ1n) is 9.56. The van der Waals surface area contributed by atoms with Gasteiger partial charge in [-0.3, -0.25) is 14.5 Å². The highest BCUT2D eigenvalue weighted by atomic mass is 32.1. The average molecular weight is 434 g/mol. The third kappa shape index (κ3) is 3.73. The van der Waals surface area contributed by atoms with Crippen molar-refractivity contribution in [3.63, 3.8) is 0 Å². The highest BCUT2D eigenvalue weighted by Gasteiger charge is 2.45. The Kier molecular flexibility index (Phi) is 5.64. The van der Waals surface area contributed by atoms with E-state index in [0.717, 1.165) is 11.3 Å². The van der Waals surface area contributed by atoms with E-state index in [4.69, 9.17) is 4.74 Å². The van der Waals surface area contributed by atoms with E-state index in [0.29, 0.717) is 16.8 Å². The number of aliphatic hydroxyl groups is 1. The number of benzene rings is 2. The molecule has 3 aromatic rings. The van der Waals surface area contributed by atoms with Gasteiger partial charge in [0, 0.05) is 17.3 Å². The van der Waals surface area contributed by atoms with Gasteiger partial charge >= 0.3 is 5.97 Å². The van der Waals surface area contributed by atoms with Crippen molar-refractivity contribution in [1.82, 2.24) is 4.98 Å². The van der Waals surface area contributed by atoms with Gasteiger partial charge in [0.1, 0.15) is 0 Å². The number of anilines is 1. The molecule has 7 nitrogen and oxygen atoms in total. The quantitative estimate of drug-likeness (QED) is 0.463. The summed E-state index contributed by atoms with van der Waals surface area (Å²) in [5.74, 6) is -2.27. The van der Waals surface area contributed by atoms with E-state index in [-0.39, 0.29) is 17.2 Å². The number of ketones is 1. The highest BCUT2D eigenvalue weighted by molar-refractivity contribution is 7.11. The fourth-order valence-electron chi connectivity index (χ4n) is 3.48. The predicted octanol–water partition coefficient (Wildman–Crippen LogP) is 4.10. The Morgan fingerprint density at radius 1 is 1.13 bits per heavy atom. The molecule has 8 heteroatoms. The predicted molar refractivity (Wildman–Crippen MR) is 115 cm³/mol. The van der Waals surface area contributed by atoms with Crippen LogP contribution in [0.2, 0.25) is 0 Å². The minimum atomic E-state index is -0.835. The largest absolute Gasteiger partial charge is 0.503 e. The minimum absolute atomic E-state index is 0.0272.